The van der Waals surface area contributed by atoms with Crippen LogP contribution in [0.25, 0.3) is 0 Å². The van der Waals surface area contributed by atoms with Crippen LogP contribution < -0.4 is 29.7 Å². The minimum Gasteiger partial charge on any atom is -0.497 e. The molecule has 1 fully saturated rings. The third-order valence-electron chi connectivity index (χ3n) is 5.59. The van der Waals surface area contributed by atoms with Crippen LogP contribution in [-0.2, 0) is 6.54 Å². The molecule has 7 nitrogen and oxygen atoms in total. The number of halogens is 1. The molecule has 3 rings (SSSR count). The van der Waals surface area contributed by atoms with Crippen molar-refractivity contribution in [1.29, 1.82) is 0 Å². The Morgan fingerprint density at radius 2 is 1.73 bits per heavy atom. The highest BCUT2D eigenvalue weighted by atomic mass is 127. The van der Waals surface area contributed by atoms with Gasteiger partial charge in [0.1, 0.15) is 17.2 Å². The van der Waals surface area contributed by atoms with E-state index in [4.69, 9.17) is 14.2 Å². The van der Waals surface area contributed by atoms with Crippen molar-refractivity contribution in [3.8, 4) is 17.2 Å². The maximum absolute atomic E-state index is 5.73. The molecular weight excluding hydrogens is 531 g/mol. The Bertz CT molecular complexity index is 863. The van der Waals surface area contributed by atoms with Crippen LogP contribution in [-0.4, -0.2) is 53.0 Å². The van der Waals surface area contributed by atoms with E-state index in [0.717, 1.165) is 67.9 Å². The van der Waals surface area contributed by atoms with Gasteiger partial charge in [-0.05, 0) is 37.0 Å². The lowest BCUT2D eigenvalue weighted by molar-refractivity contribution is 0.317. The number of rotatable bonds is 9. The van der Waals surface area contributed by atoms with Crippen LogP contribution in [0.4, 0.5) is 5.69 Å². The van der Waals surface area contributed by atoms with Crippen LogP contribution in [0.2, 0.25) is 0 Å². The molecule has 0 bridgehead atoms. The van der Waals surface area contributed by atoms with Crippen molar-refractivity contribution in [3.05, 3.63) is 48.0 Å². The Balaban J connectivity index is 0.00000385. The number of piperidine rings is 1. The average Bonchev–Trinajstić information content (AvgIpc) is 2.85. The van der Waals surface area contributed by atoms with Crippen LogP contribution in [0.1, 0.15) is 31.7 Å². The Labute approximate surface area is 214 Å². The molecule has 0 aromatic heterocycles. The lowest BCUT2D eigenvalue weighted by atomic mass is 10.0. The summed E-state index contributed by atoms with van der Waals surface area (Å²) in [5.41, 5.74) is 2.30. The molecular formula is C25H37IN4O3. The normalized spacial score (nSPS) is 14.3. The van der Waals surface area contributed by atoms with Crippen molar-refractivity contribution < 1.29 is 14.2 Å². The van der Waals surface area contributed by atoms with E-state index < -0.39 is 0 Å². The summed E-state index contributed by atoms with van der Waals surface area (Å²) in [6.07, 6.45) is 3.06. The molecule has 2 aromatic carbocycles. The first-order chi connectivity index (χ1) is 15.6. The van der Waals surface area contributed by atoms with Gasteiger partial charge in [0, 0.05) is 56.6 Å². The minimum atomic E-state index is 0. The first-order valence-electron chi connectivity index (χ1n) is 11.3. The van der Waals surface area contributed by atoms with Gasteiger partial charge in [-0.2, -0.15) is 0 Å². The molecule has 0 radical (unpaired) electrons. The van der Waals surface area contributed by atoms with Crippen molar-refractivity contribution >= 4 is 35.6 Å². The monoisotopic (exact) mass is 568 g/mol. The zero-order valence-electron chi connectivity index (χ0n) is 20.1. The molecule has 0 atom stereocenters. The topological polar surface area (TPSA) is 67.4 Å². The summed E-state index contributed by atoms with van der Waals surface area (Å²) >= 11 is 0. The van der Waals surface area contributed by atoms with E-state index in [1.807, 2.05) is 25.2 Å². The fourth-order valence-electron chi connectivity index (χ4n) is 3.80. The molecule has 1 aliphatic rings. The van der Waals surface area contributed by atoms with Crippen LogP contribution in [0.3, 0.4) is 0 Å². The van der Waals surface area contributed by atoms with Gasteiger partial charge in [-0.25, -0.2) is 0 Å². The molecule has 0 aliphatic carbocycles. The van der Waals surface area contributed by atoms with Gasteiger partial charge in [0.25, 0.3) is 0 Å². The average molecular weight is 569 g/mol. The van der Waals surface area contributed by atoms with E-state index in [1.165, 1.54) is 5.56 Å². The molecule has 1 heterocycles. The molecule has 8 heteroatoms. The Morgan fingerprint density at radius 1 is 1.03 bits per heavy atom. The summed E-state index contributed by atoms with van der Waals surface area (Å²) in [5.74, 6) is 3.36. The lowest BCUT2D eigenvalue weighted by Crippen LogP contribution is -2.48. The number of ether oxygens (including phenoxy) is 3. The molecule has 33 heavy (non-hydrogen) atoms. The lowest BCUT2D eigenvalue weighted by Gasteiger charge is -2.34. The fourth-order valence-corrected chi connectivity index (χ4v) is 3.80. The Hall–Kier alpha value is -2.36. The van der Waals surface area contributed by atoms with E-state index in [2.05, 4.69) is 51.7 Å². The molecule has 2 aromatic rings. The number of nitrogens with one attached hydrogen (secondary N) is 2. The van der Waals surface area contributed by atoms with Gasteiger partial charge in [-0.1, -0.05) is 19.1 Å². The van der Waals surface area contributed by atoms with E-state index in [0.29, 0.717) is 12.6 Å². The van der Waals surface area contributed by atoms with Gasteiger partial charge in [0.2, 0.25) is 0 Å². The van der Waals surface area contributed by atoms with Gasteiger partial charge < -0.3 is 29.7 Å². The van der Waals surface area contributed by atoms with Gasteiger partial charge in [0.05, 0.1) is 20.8 Å². The largest absolute Gasteiger partial charge is 0.497 e. The maximum atomic E-state index is 5.73. The van der Waals surface area contributed by atoms with Gasteiger partial charge in [-0.15, -0.1) is 24.0 Å². The van der Waals surface area contributed by atoms with E-state index >= 15 is 0 Å². The predicted octanol–water partition coefficient (Wildman–Crippen LogP) is 4.44. The molecule has 0 amide bonds. The number of hydrogen-bond acceptors (Lipinski definition) is 5. The minimum absolute atomic E-state index is 0. The van der Waals surface area contributed by atoms with Crippen LogP contribution >= 0.6 is 24.0 Å². The number of methoxy groups -OCH3 is 2. The van der Waals surface area contributed by atoms with Crippen molar-refractivity contribution in [2.75, 3.05) is 45.9 Å². The van der Waals surface area contributed by atoms with E-state index in [-0.39, 0.29) is 24.0 Å². The summed E-state index contributed by atoms with van der Waals surface area (Å²) in [6, 6.07) is 14.6. The maximum Gasteiger partial charge on any atom is 0.191 e. The Kier molecular flexibility index (Phi) is 11.4. The molecule has 0 spiro atoms. The van der Waals surface area contributed by atoms with Gasteiger partial charge in [0.15, 0.2) is 5.96 Å². The second-order valence-corrected chi connectivity index (χ2v) is 7.90. The Morgan fingerprint density at radius 3 is 2.33 bits per heavy atom. The number of benzene rings is 2. The number of aliphatic imine (C=N–C) groups is 1. The van der Waals surface area contributed by atoms with Crippen molar-refractivity contribution in [3.63, 3.8) is 0 Å². The summed E-state index contributed by atoms with van der Waals surface area (Å²) in [6.45, 7) is 5.47. The second kappa shape index (κ2) is 14.0. The van der Waals surface area contributed by atoms with Crippen LogP contribution in [0.5, 0.6) is 17.2 Å². The molecule has 2 N–H and O–H groups in total. The molecule has 0 unspecified atom stereocenters. The number of anilines is 1. The molecule has 0 saturated carbocycles. The summed E-state index contributed by atoms with van der Waals surface area (Å²) < 4.78 is 16.6. The number of hydrogen-bond donors (Lipinski definition) is 2. The van der Waals surface area contributed by atoms with Crippen molar-refractivity contribution in [2.45, 2.75) is 38.8 Å². The number of guanidine groups is 1. The number of nitrogens with zero attached hydrogens (tertiary/aromatic N) is 2. The zero-order valence-corrected chi connectivity index (χ0v) is 22.4. The predicted molar refractivity (Wildman–Crippen MR) is 146 cm³/mol. The highest BCUT2D eigenvalue weighted by Gasteiger charge is 2.21. The van der Waals surface area contributed by atoms with Crippen molar-refractivity contribution in [1.82, 2.24) is 10.6 Å². The fraction of sp³-hybridized carbons (Fsp3) is 0.480. The molecule has 1 saturated heterocycles. The van der Waals surface area contributed by atoms with Crippen molar-refractivity contribution in [2.24, 2.45) is 4.99 Å². The van der Waals surface area contributed by atoms with E-state index in [9.17, 15) is 0 Å². The summed E-state index contributed by atoms with van der Waals surface area (Å²) in [5, 5.41) is 7.00. The smallest absolute Gasteiger partial charge is 0.191 e. The summed E-state index contributed by atoms with van der Waals surface area (Å²) in [4.78, 5) is 6.78. The standard InChI is InChI=1S/C25H36N4O3.HI/c1-5-13-32-22-8-6-7-19(14-22)18-27-25(26-2)28-20-9-11-29(12-10-20)21-15-23(30-3)17-24(16-21)31-4;/h6-8,14-17,20H,5,9-13,18H2,1-4H3,(H2,26,27,28);1H. The van der Waals surface area contributed by atoms with Gasteiger partial charge in [-0.3, -0.25) is 4.99 Å². The summed E-state index contributed by atoms with van der Waals surface area (Å²) in [7, 11) is 5.18. The highest BCUT2D eigenvalue weighted by molar-refractivity contribution is 14.0. The third-order valence-corrected chi connectivity index (χ3v) is 5.59. The zero-order chi connectivity index (χ0) is 22.8. The first-order valence-corrected chi connectivity index (χ1v) is 11.3. The van der Waals surface area contributed by atoms with Crippen LogP contribution in [0, 0.1) is 0 Å². The highest BCUT2D eigenvalue weighted by Crippen LogP contribution is 2.30. The van der Waals surface area contributed by atoms with Crippen LogP contribution in [0.15, 0.2) is 47.5 Å². The van der Waals surface area contributed by atoms with Gasteiger partial charge >= 0.3 is 0 Å². The SMILES string of the molecule is CCCOc1cccc(CNC(=NC)NC2CCN(c3cc(OC)cc(OC)c3)CC2)c1.I. The molecule has 182 valence electrons. The second-order valence-electron chi connectivity index (χ2n) is 7.90. The quantitative estimate of drug-likeness (QED) is 0.265. The molecule has 1 aliphatic heterocycles. The first kappa shape index (κ1) is 26.9. The third kappa shape index (κ3) is 8.17. The van der Waals surface area contributed by atoms with E-state index in [1.54, 1.807) is 14.2 Å².